The Balaban J connectivity index is 2.32. The number of hydrogen-bond acceptors (Lipinski definition) is 4. The van der Waals surface area contributed by atoms with E-state index in [-0.39, 0.29) is 18.1 Å². The van der Waals surface area contributed by atoms with Crippen LogP contribution in [-0.2, 0) is 0 Å². The van der Waals surface area contributed by atoms with E-state index in [1.165, 1.54) is 5.57 Å². The summed E-state index contributed by atoms with van der Waals surface area (Å²) >= 11 is 0. The summed E-state index contributed by atoms with van der Waals surface area (Å²) in [6.07, 6.45) is 7.04. The molecule has 0 saturated carbocycles. The van der Waals surface area contributed by atoms with E-state index < -0.39 is 0 Å². The van der Waals surface area contributed by atoms with Gasteiger partial charge >= 0.3 is 0 Å². The van der Waals surface area contributed by atoms with Gasteiger partial charge in [-0.3, -0.25) is 9.98 Å². The van der Waals surface area contributed by atoms with Crippen LogP contribution in [0.25, 0.3) is 6.08 Å². The zero-order chi connectivity index (χ0) is 17.9. The fraction of sp³-hybridized carbons (Fsp3) is 0.650. The Labute approximate surface area is 146 Å². The van der Waals surface area contributed by atoms with Crippen LogP contribution in [0.3, 0.4) is 0 Å². The number of aliphatic hydroxyl groups is 1. The van der Waals surface area contributed by atoms with Crippen LogP contribution < -0.4 is 0 Å². The highest BCUT2D eigenvalue weighted by molar-refractivity contribution is 5.99. The first-order valence-corrected chi connectivity index (χ1v) is 8.92. The number of aromatic nitrogens is 2. The van der Waals surface area contributed by atoms with Crippen molar-refractivity contribution in [1.29, 1.82) is 0 Å². The molecule has 0 fully saturated rings. The molecule has 2 unspecified atom stereocenters. The molecule has 1 aliphatic heterocycles. The van der Waals surface area contributed by atoms with E-state index >= 15 is 0 Å². The lowest BCUT2D eigenvalue weighted by molar-refractivity contribution is 0.230. The maximum absolute atomic E-state index is 9.57. The highest BCUT2D eigenvalue weighted by Gasteiger charge is 2.21. The number of rotatable bonds is 3. The molecule has 24 heavy (non-hydrogen) atoms. The molecule has 0 saturated heterocycles. The number of aliphatic imine (C=N–C) groups is 1. The van der Waals surface area contributed by atoms with Crippen molar-refractivity contribution in [2.24, 2.45) is 16.3 Å². The molecule has 0 radical (unpaired) electrons. The van der Waals surface area contributed by atoms with Gasteiger partial charge in [0.05, 0.1) is 35.9 Å². The Morgan fingerprint density at radius 1 is 1.38 bits per heavy atom. The van der Waals surface area contributed by atoms with Crippen LogP contribution in [0, 0.1) is 18.3 Å². The van der Waals surface area contributed by atoms with Gasteiger partial charge in [0.1, 0.15) is 5.69 Å². The molecule has 1 aromatic rings. The van der Waals surface area contributed by atoms with Crippen molar-refractivity contribution in [2.45, 2.75) is 66.8 Å². The smallest absolute Gasteiger partial charge is 0.103 e. The first kappa shape index (κ1) is 18.8. The second-order valence-electron chi connectivity index (χ2n) is 8.00. The largest absolute Gasteiger partial charge is 0.394 e. The van der Waals surface area contributed by atoms with Gasteiger partial charge < -0.3 is 5.11 Å². The fourth-order valence-electron chi connectivity index (χ4n) is 2.78. The van der Waals surface area contributed by atoms with Crippen molar-refractivity contribution in [2.75, 3.05) is 6.61 Å². The minimum Gasteiger partial charge on any atom is -0.394 e. The molecule has 2 heterocycles. The van der Waals surface area contributed by atoms with Gasteiger partial charge in [0, 0.05) is 0 Å². The summed E-state index contributed by atoms with van der Waals surface area (Å²) in [6.45, 7) is 13.0. The Morgan fingerprint density at radius 2 is 2.08 bits per heavy atom. The van der Waals surface area contributed by atoms with Gasteiger partial charge in [0.2, 0.25) is 0 Å². The van der Waals surface area contributed by atoms with E-state index in [1.54, 1.807) is 0 Å². The molecule has 1 aliphatic rings. The average Bonchev–Trinajstić information content (AvgIpc) is 2.69. The third-order valence-electron chi connectivity index (χ3n) is 5.06. The van der Waals surface area contributed by atoms with Crippen LogP contribution >= 0.6 is 0 Å². The fourth-order valence-corrected chi connectivity index (χ4v) is 2.78. The maximum atomic E-state index is 9.57. The Morgan fingerprint density at radius 3 is 2.67 bits per heavy atom. The second-order valence-corrected chi connectivity index (χ2v) is 8.00. The topological polar surface area (TPSA) is 58.4 Å². The highest BCUT2D eigenvalue weighted by Crippen LogP contribution is 2.27. The molecular weight excluding hydrogens is 298 g/mol. The summed E-state index contributed by atoms with van der Waals surface area (Å²) in [5.41, 5.74) is 5.10. The van der Waals surface area contributed by atoms with Crippen molar-refractivity contribution < 1.29 is 5.11 Å². The molecule has 1 N–H and O–H groups in total. The van der Waals surface area contributed by atoms with Gasteiger partial charge in [-0.25, -0.2) is 4.98 Å². The summed E-state index contributed by atoms with van der Waals surface area (Å²) in [4.78, 5) is 14.1. The van der Waals surface area contributed by atoms with E-state index in [2.05, 4.69) is 45.7 Å². The number of nitrogens with zero attached hydrogens (tertiary/aromatic N) is 3. The number of aryl methyl sites for hydroxylation is 1. The van der Waals surface area contributed by atoms with E-state index in [9.17, 15) is 5.11 Å². The molecule has 0 aromatic carbocycles. The van der Waals surface area contributed by atoms with Crippen molar-refractivity contribution in [3.63, 3.8) is 0 Å². The SMILES string of the molecule is C/C(=C\c1ncc(C2=NC(CO)C(C)CCC2)nc1C)C(C)(C)C. The van der Waals surface area contributed by atoms with E-state index in [0.717, 1.165) is 42.1 Å². The standard InChI is InChI=1S/C20H31N3O/c1-13-8-7-9-16(23-19(13)12-24)18-11-21-17(15(3)22-18)10-14(2)20(4,5)6/h10-11,13,19,24H,7-9,12H2,1-6H3/b14-10+. The summed E-state index contributed by atoms with van der Waals surface area (Å²) in [6, 6.07) is -0.0210. The normalized spacial score (nSPS) is 23.0. The van der Waals surface area contributed by atoms with Crippen molar-refractivity contribution >= 4 is 11.8 Å². The van der Waals surface area contributed by atoms with Crippen LogP contribution in [0.1, 0.15) is 71.0 Å². The van der Waals surface area contributed by atoms with Crippen LogP contribution in [0.5, 0.6) is 0 Å². The van der Waals surface area contributed by atoms with E-state index in [4.69, 9.17) is 9.98 Å². The lowest BCUT2D eigenvalue weighted by Gasteiger charge is -2.19. The monoisotopic (exact) mass is 329 g/mol. The van der Waals surface area contributed by atoms with Crippen LogP contribution in [0.2, 0.25) is 0 Å². The molecule has 0 aliphatic carbocycles. The second kappa shape index (κ2) is 7.56. The van der Waals surface area contributed by atoms with Crippen LogP contribution in [0.4, 0.5) is 0 Å². The van der Waals surface area contributed by atoms with Crippen LogP contribution in [-0.4, -0.2) is 33.4 Å². The summed E-state index contributed by atoms with van der Waals surface area (Å²) < 4.78 is 0. The van der Waals surface area contributed by atoms with Gasteiger partial charge in [-0.2, -0.15) is 0 Å². The van der Waals surface area contributed by atoms with Gasteiger partial charge in [-0.1, -0.05) is 33.3 Å². The number of allylic oxidation sites excluding steroid dienone is 1. The molecule has 4 heteroatoms. The number of hydrogen-bond donors (Lipinski definition) is 1. The van der Waals surface area contributed by atoms with Gasteiger partial charge in [0.25, 0.3) is 0 Å². The highest BCUT2D eigenvalue weighted by atomic mass is 16.3. The Bertz CT molecular complexity index is 641. The quantitative estimate of drug-likeness (QED) is 0.904. The van der Waals surface area contributed by atoms with E-state index in [1.807, 2.05) is 13.1 Å². The van der Waals surface area contributed by atoms with Gasteiger partial charge in [-0.05, 0) is 50.5 Å². The Kier molecular flexibility index (Phi) is 5.92. The Hall–Kier alpha value is -1.55. The van der Waals surface area contributed by atoms with Crippen LogP contribution in [0.15, 0.2) is 16.8 Å². The molecule has 2 rings (SSSR count). The third-order valence-corrected chi connectivity index (χ3v) is 5.06. The first-order chi connectivity index (χ1) is 11.2. The molecule has 0 amide bonds. The van der Waals surface area contributed by atoms with Crippen molar-refractivity contribution in [3.8, 4) is 0 Å². The van der Waals surface area contributed by atoms with Crippen molar-refractivity contribution in [3.05, 3.63) is 28.9 Å². The lowest BCUT2D eigenvalue weighted by atomic mass is 9.87. The molecule has 1 aromatic heterocycles. The molecular formula is C20H31N3O. The summed E-state index contributed by atoms with van der Waals surface area (Å²) in [7, 11) is 0. The molecule has 0 bridgehead atoms. The predicted molar refractivity (Wildman–Crippen MR) is 100 cm³/mol. The maximum Gasteiger partial charge on any atom is 0.103 e. The molecule has 2 atom stereocenters. The molecule has 0 spiro atoms. The minimum absolute atomic E-state index is 0.0210. The summed E-state index contributed by atoms with van der Waals surface area (Å²) in [5, 5.41) is 9.57. The third kappa shape index (κ3) is 4.50. The first-order valence-electron chi connectivity index (χ1n) is 8.92. The lowest BCUT2D eigenvalue weighted by Crippen LogP contribution is -2.20. The van der Waals surface area contributed by atoms with E-state index in [0.29, 0.717) is 5.92 Å². The molecule has 132 valence electrons. The average molecular weight is 329 g/mol. The molecule has 4 nitrogen and oxygen atoms in total. The van der Waals surface area contributed by atoms with Crippen molar-refractivity contribution in [1.82, 2.24) is 9.97 Å². The predicted octanol–water partition coefficient (Wildman–Crippen LogP) is 4.20. The zero-order valence-electron chi connectivity index (χ0n) is 15.9. The number of aliphatic hydroxyl groups excluding tert-OH is 1. The minimum atomic E-state index is -0.0210. The summed E-state index contributed by atoms with van der Waals surface area (Å²) in [5.74, 6) is 0.415. The van der Waals surface area contributed by atoms with Gasteiger partial charge in [-0.15, -0.1) is 0 Å². The zero-order valence-corrected chi connectivity index (χ0v) is 15.9. The van der Waals surface area contributed by atoms with Gasteiger partial charge in [0.15, 0.2) is 0 Å².